The molecule has 5 rings (SSSR count). The summed E-state index contributed by atoms with van der Waals surface area (Å²) in [6.45, 7) is 10.7. The Labute approximate surface area is 192 Å². The van der Waals surface area contributed by atoms with Gasteiger partial charge in [0.25, 0.3) is 0 Å². The molecule has 0 aliphatic rings. The van der Waals surface area contributed by atoms with E-state index in [0.29, 0.717) is 0 Å². The number of aromatic nitrogens is 1. The molecule has 1 nitrogen and oxygen atoms in total. The van der Waals surface area contributed by atoms with E-state index in [1.807, 2.05) is 26.0 Å². The van der Waals surface area contributed by atoms with Crippen LogP contribution in [0, 0.1) is 6.92 Å². The molecule has 0 radical (unpaired) electrons. The Morgan fingerprint density at radius 1 is 0.500 bits per heavy atom. The summed E-state index contributed by atoms with van der Waals surface area (Å²) in [7, 11) is 0. The average Bonchev–Trinajstić information content (AvgIpc) is 2.87. The number of nitrogens with zero attached hydrogens (tertiary/aromatic N) is 1. The molecule has 0 saturated heterocycles. The maximum Gasteiger partial charge on any atom is 0.0712 e. The van der Waals surface area contributed by atoms with Crippen molar-refractivity contribution in [3.63, 3.8) is 0 Å². The molecular formula is C31H33N. The first kappa shape index (κ1) is 23.2. The third-order valence-corrected chi connectivity index (χ3v) is 5.85. The van der Waals surface area contributed by atoms with Crippen molar-refractivity contribution in [1.29, 1.82) is 0 Å². The van der Waals surface area contributed by atoms with Crippen LogP contribution in [0.4, 0.5) is 0 Å². The van der Waals surface area contributed by atoms with E-state index in [9.17, 15) is 0 Å². The molecule has 32 heavy (non-hydrogen) atoms. The highest BCUT2D eigenvalue weighted by Crippen LogP contribution is 2.30. The normalized spacial score (nSPS) is 10.7. The molecule has 0 saturated carbocycles. The van der Waals surface area contributed by atoms with Crippen molar-refractivity contribution in [2.45, 2.75) is 40.0 Å². The topological polar surface area (TPSA) is 12.9 Å². The van der Waals surface area contributed by atoms with Gasteiger partial charge in [0, 0.05) is 16.2 Å². The fourth-order valence-electron chi connectivity index (χ4n) is 3.93. The van der Waals surface area contributed by atoms with E-state index in [4.69, 9.17) is 0 Å². The molecule has 0 spiro atoms. The summed E-state index contributed by atoms with van der Waals surface area (Å²) in [5, 5.41) is 2.49. The van der Waals surface area contributed by atoms with Gasteiger partial charge in [0.05, 0.1) is 11.0 Å². The number of pyridine rings is 1. The molecule has 0 fully saturated rings. The van der Waals surface area contributed by atoms with Gasteiger partial charge in [-0.15, -0.1) is 0 Å². The van der Waals surface area contributed by atoms with E-state index in [-0.39, 0.29) is 5.41 Å². The molecule has 0 unspecified atom stereocenters. The monoisotopic (exact) mass is 419 g/mol. The summed E-state index contributed by atoms with van der Waals surface area (Å²) < 4.78 is 0. The first-order valence-corrected chi connectivity index (χ1v) is 11.4. The smallest absolute Gasteiger partial charge is 0.0712 e. The van der Waals surface area contributed by atoms with E-state index >= 15 is 0 Å². The lowest BCUT2D eigenvalue weighted by Gasteiger charge is -2.25. The Balaban J connectivity index is 0.000000168. The van der Waals surface area contributed by atoms with Crippen molar-refractivity contribution in [1.82, 2.24) is 4.98 Å². The third-order valence-electron chi connectivity index (χ3n) is 5.85. The molecule has 162 valence electrons. The summed E-state index contributed by atoms with van der Waals surface area (Å²) in [5.41, 5.74) is 6.27. The maximum absolute atomic E-state index is 4.64. The lowest BCUT2D eigenvalue weighted by Crippen LogP contribution is -2.18. The number of fused-ring (bicyclic) bond motifs is 2. The van der Waals surface area contributed by atoms with E-state index in [2.05, 4.69) is 123 Å². The molecule has 1 heteroatoms. The Hall–Kier alpha value is -3.45. The summed E-state index contributed by atoms with van der Waals surface area (Å²) in [4.78, 5) is 4.64. The van der Waals surface area contributed by atoms with Crippen molar-refractivity contribution in [2.75, 3.05) is 0 Å². The number of rotatable bonds is 2. The summed E-state index contributed by atoms with van der Waals surface area (Å²) >= 11 is 0. The number of aryl methyl sites for hydroxylation is 1. The van der Waals surface area contributed by atoms with Gasteiger partial charge in [-0.1, -0.05) is 125 Å². The molecule has 0 bridgehead atoms. The second-order valence-electron chi connectivity index (χ2n) is 8.13. The highest BCUT2D eigenvalue weighted by molar-refractivity contribution is 5.96. The Kier molecular flexibility index (Phi) is 7.78. The van der Waals surface area contributed by atoms with Gasteiger partial charge in [0.2, 0.25) is 0 Å². The van der Waals surface area contributed by atoms with E-state index in [1.54, 1.807) is 0 Å². The minimum absolute atomic E-state index is 0.0858. The predicted molar refractivity (Wildman–Crippen MR) is 140 cm³/mol. The van der Waals surface area contributed by atoms with Crippen molar-refractivity contribution in [2.24, 2.45) is 0 Å². The Bertz CT molecular complexity index is 1160. The van der Waals surface area contributed by atoms with Gasteiger partial charge >= 0.3 is 0 Å². The van der Waals surface area contributed by atoms with Gasteiger partial charge in [0.15, 0.2) is 0 Å². The van der Waals surface area contributed by atoms with Crippen molar-refractivity contribution >= 4 is 21.8 Å². The molecular weight excluding hydrogens is 386 g/mol. The number of benzene rings is 4. The van der Waals surface area contributed by atoms with E-state index in [1.165, 1.54) is 27.5 Å². The molecule has 1 aromatic heterocycles. The zero-order valence-electron chi connectivity index (χ0n) is 19.8. The van der Waals surface area contributed by atoms with Gasteiger partial charge in [-0.25, -0.2) is 4.98 Å². The summed E-state index contributed by atoms with van der Waals surface area (Å²) in [6, 6.07) is 37.8. The first-order chi connectivity index (χ1) is 15.6. The molecule has 0 N–H and O–H groups in total. The van der Waals surface area contributed by atoms with Crippen LogP contribution in [0.2, 0.25) is 0 Å². The number of hydrogen-bond donors (Lipinski definition) is 0. The second kappa shape index (κ2) is 10.7. The number of hydrogen-bond acceptors (Lipinski definition) is 1. The van der Waals surface area contributed by atoms with Crippen LogP contribution in [-0.2, 0) is 5.41 Å². The fourth-order valence-corrected chi connectivity index (χ4v) is 3.93. The van der Waals surface area contributed by atoms with Gasteiger partial charge < -0.3 is 0 Å². The Morgan fingerprint density at radius 3 is 1.25 bits per heavy atom. The van der Waals surface area contributed by atoms with Gasteiger partial charge in [-0.05, 0) is 35.7 Å². The number of para-hydroxylation sites is 2. The molecule has 4 aromatic carbocycles. The highest BCUT2D eigenvalue weighted by Gasteiger charge is 2.21. The van der Waals surface area contributed by atoms with Crippen LogP contribution in [0.5, 0.6) is 0 Å². The van der Waals surface area contributed by atoms with Crippen LogP contribution >= 0.6 is 0 Å². The maximum atomic E-state index is 4.64. The highest BCUT2D eigenvalue weighted by atomic mass is 14.7. The van der Waals surface area contributed by atoms with Crippen molar-refractivity contribution in [3.8, 4) is 0 Å². The van der Waals surface area contributed by atoms with E-state index < -0.39 is 0 Å². The molecule has 0 atom stereocenters. The lowest BCUT2D eigenvalue weighted by molar-refractivity contribution is 0.641. The van der Waals surface area contributed by atoms with Gasteiger partial charge in [0.1, 0.15) is 0 Å². The lowest BCUT2D eigenvalue weighted by atomic mass is 9.78. The zero-order valence-corrected chi connectivity index (χ0v) is 19.8. The average molecular weight is 420 g/mol. The molecule has 1 heterocycles. The van der Waals surface area contributed by atoms with Crippen LogP contribution < -0.4 is 0 Å². The third kappa shape index (κ3) is 5.06. The minimum Gasteiger partial charge on any atom is -0.248 e. The summed E-state index contributed by atoms with van der Waals surface area (Å²) in [5.74, 6) is 0. The molecule has 0 aliphatic carbocycles. The van der Waals surface area contributed by atoms with Gasteiger partial charge in [-0.3, -0.25) is 0 Å². The summed E-state index contributed by atoms with van der Waals surface area (Å²) in [6.07, 6.45) is 0. The largest absolute Gasteiger partial charge is 0.248 e. The predicted octanol–water partition coefficient (Wildman–Crippen LogP) is 8.74. The standard InChI is InChI=1S/C15H16.C14H11N.C2H6/c1-15(2,13-9-5-3-6-10-13)14-11-7-4-8-12-14;1-10-11-6-2-4-8-13(11)15-14-9-5-3-7-12(10)14;1-2/h3-12H,1-2H3;2-9H,1H3;1-2H3. The van der Waals surface area contributed by atoms with Crippen molar-refractivity contribution in [3.05, 3.63) is 126 Å². The first-order valence-electron chi connectivity index (χ1n) is 11.4. The zero-order chi connectivity index (χ0) is 23.0. The van der Waals surface area contributed by atoms with Crippen molar-refractivity contribution < 1.29 is 0 Å². The van der Waals surface area contributed by atoms with Gasteiger partial charge in [-0.2, -0.15) is 0 Å². The second-order valence-corrected chi connectivity index (χ2v) is 8.13. The fraction of sp³-hybridized carbons (Fsp3) is 0.194. The van der Waals surface area contributed by atoms with Crippen LogP contribution in [0.1, 0.15) is 44.4 Å². The van der Waals surface area contributed by atoms with Crippen LogP contribution in [-0.4, -0.2) is 4.98 Å². The SMILES string of the molecule is CC.CC(C)(c1ccccc1)c1ccccc1.Cc1c2ccccc2nc2ccccc12. The minimum atomic E-state index is 0.0858. The van der Waals surface area contributed by atoms with Crippen LogP contribution in [0.3, 0.4) is 0 Å². The van der Waals surface area contributed by atoms with E-state index in [0.717, 1.165) is 11.0 Å². The van der Waals surface area contributed by atoms with Crippen LogP contribution in [0.15, 0.2) is 109 Å². The quantitative estimate of drug-likeness (QED) is 0.261. The Morgan fingerprint density at radius 2 is 0.844 bits per heavy atom. The molecule has 0 amide bonds. The van der Waals surface area contributed by atoms with Crippen LogP contribution in [0.25, 0.3) is 21.8 Å². The molecule has 0 aliphatic heterocycles. The molecule has 5 aromatic rings.